The normalized spacial score (nSPS) is 13.6. The Balaban J connectivity index is 1.54. The van der Waals surface area contributed by atoms with Crippen LogP contribution in [0.15, 0.2) is 102 Å². The molecule has 6 aromatic carbocycles. The summed E-state index contributed by atoms with van der Waals surface area (Å²) < 4.78 is 0. The summed E-state index contributed by atoms with van der Waals surface area (Å²) in [6, 6.07) is 29.9. The van der Waals surface area contributed by atoms with Gasteiger partial charge in [0.2, 0.25) is 0 Å². The summed E-state index contributed by atoms with van der Waals surface area (Å²) >= 11 is 0. The van der Waals surface area contributed by atoms with Crippen LogP contribution in [0.25, 0.3) is 82.5 Å². The lowest BCUT2D eigenvalue weighted by atomic mass is 9.83. The van der Waals surface area contributed by atoms with Crippen LogP contribution in [0.2, 0.25) is 0 Å². The average molecular weight is 581 g/mol. The molecule has 0 aliphatic heterocycles. The Kier molecular flexibility index (Phi) is 6.09. The third-order valence-electron chi connectivity index (χ3n) is 9.80. The maximum atomic E-state index is 7.69. The monoisotopic (exact) mass is 580 g/mol. The van der Waals surface area contributed by atoms with E-state index in [4.69, 9.17) is 10.4 Å². The standard InChI is InChI=1S/C43H36N2/c1-6-37(45-7-2)41-36-23-26-13-9-8-12-25(26)22-34(36)29(14-10-11-21-44)39-32-19-18-31-35-24-27(43(3,4)5)15-16-28(35)30-17-20-33(42(39)41)40(32)38(30)31/h6-13,15-24,44H,14H2,1-5H3/b11-10-,37-6-,44-21?,45-7?. The van der Waals surface area contributed by atoms with Gasteiger partial charge in [-0.1, -0.05) is 93.6 Å². The maximum Gasteiger partial charge on any atom is 0.0668 e. The first-order valence-corrected chi connectivity index (χ1v) is 15.9. The zero-order valence-corrected chi connectivity index (χ0v) is 26.5. The molecule has 0 radical (unpaired) electrons. The van der Waals surface area contributed by atoms with E-state index in [0.717, 1.165) is 12.1 Å². The molecule has 0 amide bonds. The summed E-state index contributed by atoms with van der Waals surface area (Å²) in [4.78, 5) is 4.96. The fraction of sp³-hybridized carbons (Fsp3) is 0.163. The minimum absolute atomic E-state index is 0.0817. The van der Waals surface area contributed by atoms with Gasteiger partial charge in [0.25, 0.3) is 0 Å². The summed E-state index contributed by atoms with van der Waals surface area (Å²) in [5, 5.41) is 15.3. The largest absolute Gasteiger partial charge is 0.309 e. The molecule has 0 saturated heterocycles. The molecule has 0 bridgehead atoms. The van der Waals surface area contributed by atoms with Crippen molar-refractivity contribution in [2.45, 2.75) is 46.5 Å². The Bertz CT molecular complexity index is 2360. The van der Waals surface area contributed by atoms with E-state index >= 15 is 0 Å². The minimum Gasteiger partial charge on any atom is -0.309 e. The van der Waals surface area contributed by atoms with E-state index in [-0.39, 0.29) is 5.41 Å². The van der Waals surface area contributed by atoms with Crippen LogP contribution >= 0.6 is 0 Å². The van der Waals surface area contributed by atoms with Crippen molar-refractivity contribution in [1.29, 1.82) is 5.41 Å². The predicted molar refractivity (Wildman–Crippen MR) is 196 cm³/mol. The highest BCUT2D eigenvalue weighted by molar-refractivity contribution is 6.29. The van der Waals surface area contributed by atoms with Crippen LogP contribution in [-0.2, 0) is 11.8 Å². The first-order valence-electron chi connectivity index (χ1n) is 15.9. The molecule has 2 heteroatoms. The topological polar surface area (TPSA) is 36.2 Å². The van der Waals surface area contributed by atoms with Crippen molar-refractivity contribution >= 4 is 50.4 Å². The molecule has 0 fully saturated rings. The van der Waals surface area contributed by atoms with E-state index in [1.807, 2.05) is 19.2 Å². The Morgan fingerprint density at radius 3 is 2.00 bits per heavy atom. The van der Waals surface area contributed by atoms with Gasteiger partial charge in [0.15, 0.2) is 0 Å². The van der Waals surface area contributed by atoms with Crippen molar-refractivity contribution in [1.82, 2.24) is 0 Å². The van der Waals surface area contributed by atoms with E-state index in [1.54, 1.807) is 0 Å². The van der Waals surface area contributed by atoms with E-state index < -0.39 is 0 Å². The fourth-order valence-corrected chi connectivity index (χ4v) is 7.79. The summed E-state index contributed by atoms with van der Waals surface area (Å²) in [6.07, 6.45) is 10.2. The van der Waals surface area contributed by atoms with Gasteiger partial charge >= 0.3 is 0 Å². The molecule has 0 heterocycles. The number of hydrogen-bond donors (Lipinski definition) is 1. The zero-order chi connectivity index (χ0) is 31.0. The molecular weight excluding hydrogens is 544 g/mol. The molecule has 1 N–H and O–H groups in total. The third-order valence-corrected chi connectivity index (χ3v) is 9.80. The van der Waals surface area contributed by atoms with E-state index in [9.17, 15) is 0 Å². The minimum atomic E-state index is 0.0817. The van der Waals surface area contributed by atoms with Gasteiger partial charge in [-0.05, 0) is 132 Å². The second-order valence-corrected chi connectivity index (χ2v) is 13.3. The molecule has 0 atom stereocenters. The van der Waals surface area contributed by atoms with Crippen molar-refractivity contribution in [3.63, 3.8) is 0 Å². The zero-order valence-electron chi connectivity index (χ0n) is 26.5. The summed E-state index contributed by atoms with van der Waals surface area (Å²) in [7, 11) is 0. The number of benzene rings is 6. The molecule has 0 aromatic heterocycles. The van der Waals surface area contributed by atoms with E-state index in [2.05, 4.69) is 119 Å². The van der Waals surface area contributed by atoms with Gasteiger partial charge in [-0.2, -0.15) is 0 Å². The first kappa shape index (κ1) is 27.5. The van der Waals surface area contributed by atoms with Crippen LogP contribution in [-0.4, -0.2) is 12.4 Å². The molecule has 0 unspecified atom stereocenters. The number of nitrogens with zero attached hydrogens (tertiary/aromatic N) is 1. The van der Waals surface area contributed by atoms with Crippen LogP contribution < -0.4 is 0 Å². The molecule has 2 nitrogen and oxygen atoms in total. The molecule has 2 aliphatic carbocycles. The number of aliphatic imine (C=N–C) groups is 1. The van der Waals surface area contributed by atoms with Crippen LogP contribution in [0.4, 0.5) is 0 Å². The average Bonchev–Trinajstić information content (AvgIpc) is 3.54. The molecule has 6 aromatic rings. The van der Waals surface area contributed by atoms with E-state index in [0.29, 0.717) is 0 Å². The van der Waals surface area contributed by atoms with Crippen LogP contribution in [0.3, 0.4) is 0 Å². The molecule has 2 aliphatic rings. The molecule has 0 spiro atoms. The Morgan fingerprint density at radius 2 is 1.33 bits per heavy atom. The van der Waals surface area contributed by atoms with E-state index in [1.165, 1.54) is 99.7 Å². The second kappa shape index (κ2) is 9.97. The highest BCUT2D eigenvalue weighted by Gasteiger charge is 2.34. The number of fused-ring (bicyclic) bond motifs is 8. The van der Waals surface area contributed by atoms with Gasteiger partial charge in [0, 0.05) is 23.6 Å². The predicted octanol–water partition coefficient (Wildman–Crippen LogP) is 11.9. The molecule has 218 valence electrons. The highest BCUT2D eigenvalue weighted by atomic mass is 14.7. The molecule has 8 rings (SSSR count). The number of rotatable bonds is 5. The summed E-state index contributed by atoms with van der Waals surface area (Å²) in [5.74, 6) is 0. The van der Waals surface area contributed by atoms with Crippen LogP contribution in [0.1, 0.15) is 51.3 Å². The van der Waals surface area contributed by atoms with Gasteiger partial charge in [0.1, 0.15) is 0 Å². The maximum absolute atomic E-state index is 7.69. The highest BCUT2D eigenvalue weighted by Crippen LogP contribution is 2.59. The SMILES string of the molecule is CC=N/C(=C\C)c1c2c(c(C/C=C\C=N)c3cc4ccccc4cc13)-c1ccc3c4c(ccc-2c14)-c1ccc(C(C)(C)C)cc1-3. The lowest BCUT2D eigenvalue weighted by Gasteiger charge is -2.21. The Labute approximate surface area is 265 Å². The smallest absolute Gasteiger partial charge is 0.0668 e. The summed E-state index contributed by atoms with van der Waals surface area (Å²) in [5.41, 5.74) is 15.4. The third kappa shape index (κ3) is 3.88. The molecule has 0 saturated carbocycles. The number of allylic oxidation sites excluding steroid dienone is 3. The second-order valence-electron chi connectivity index (χ2n) is 13.3. The number of nitrogens with one attached hydrogen (secondary N) is 1. The van der Waals surface area contributed by atoms with Crippen LogP contribution in [0.5, 0.6) is 0 Å². The van der Waals surface area contributed by atoms with Crippen LogP contribution in [0, 0.1) is 5.41 Å². The first-order chi connectivity index (χ1) is 21.9. The van der Waals surface area contributed by atoms with Gasteiger partial charge in [-0.3, -0.25) is 4.99 Å². The number of hydrogen-bond acceptors (Lipinski definition) is 2. The lowest BCUT2D eigenvalue weighted by molar-refractivity contribution is 0.590. The Morgan fingerprint density at radius 1 is 0.711 bits per heavy atom. The van der Waals surface area contributed by atoms with Gasteiger partial charge in [-0.25, -0.2) is 0 Å². The molecule has 45 heavy (non-hydrogen) atoms. The summed E-state index contributed by atoms with van der Waals surface area (Å²) in [6.45, 7) is 11.0. The van der Waals surface area contributed by atoms with Crippen molar-refractivity contribution < 1.29 is 0 Å². The van der Waals surface area contributed by atoms with Crippen molar-refractivity contribution in [2.24, 2.45) is 4.99 Å². The fourth-order valence-electron chi connectivity index (χ4n) is 7.79. The van der Waals surface area contributed by atoms with Crippen molar-refractivity contribution in [3.05, 3.63) is 114 Å². The van der Waals surface area contributed by atoms with Gasteiger partial charge < -0.3 is 5.41 Å². The van der Waals surface area contributed by atoms with Crippen molar-refractivity contribution in [2.75, 3.05) is 0 Å². The van der Waals surface area contributed by atoms with Gasteiger partial charge in [0.05, 0.1) is 5.70 Å². The van der Waals surface area contributed by atoms with Crippen molar-refractivity contribution in [3.8, 4) is 44.5 Å². The molecular formula is C43H36N2. The van der Waals surface area contributed by atoms with Gasteiger partial charge in [-0.15, -0.1) is 0 Å². The lowest BCUT2D eigenvalue weighted by Crippen LogP contribution is -2.10. The quantitative estimate of drug-likeness (QED) is 0.155. The Hall–Kier alpha value is -5.08.